The highest BCUT2D eigenvalue weighted by molar-refractivity contribution is 7.00. The molecular weight excluding hydrogens is 1280 g/mol. The van der Waals surface area contributed by atoms with Crippen molar-refractivity contribution in [3.63, 3.8) is 0 Å². The summed E-state index contributed by atoms with van der Waals surface area (Å²) in [6.07, 6.45) is 25.9. The molecule has 4 aliphatic rings. The maximum Gasteiger partial charge on any atom is 0.124 e. The fraction of sp³-hybridized carbons (Fsp3) is 0. The number of hydrogen-bond donors (Lipinski definition) is 4. The molecule has 100 heavy (non-hydrogen) atoms. The van der Waals surface area contributed by atoms with Crippen LogP contribution in [0.1, 0.15) is 90.1 Å². The maximum atomic E-state index is 5.17. The molecule has 4 N–H and O–H groups in total. The lowest BCUT2D eigenvalue weighted by atomic mass is 10.0. The second-order valence-corrected chi connectivity index (χ2v) is 24.3. The highest BCUT2D eigenvalue weighted by Crippen LogP contribution is 2.33. The van der Waals surface area contributed by atoms with Gasteiger partial charge in [-0.1, -0.05) is 59.5 Å². The van der Waals surface area contributed by atoms with E-state index < -0.39 is 0 Å². The zero-order valence-corrected chi connectivity index (χ0v) is 53.4. The molecule has 0 unspecified atom stereocenters. The number of aromatic nitrogens is 19. The smallest absolute Gasteiger partial charge is 0.124 e. The Morgan fingerprint density at radius 1 is 0.250 bits per heavy atom. The number of pyridine rings is 3. The summed E-state index contributed by atoms with van der Waals surface area (Å²) in [5, 5.41) is 0. The summed E-state index contributed by atoms with van der Waals surface area (Å²) in [5.41, 5.74) is 24.3. The fourth-order valence-electron chi connectivity index (χ4n) is 12.2. The van der Waals surface area contributed by atoms with Crippen molar-refractivity contribution in [2.24, 2.45) is 0 Å². The molecule has 462 valence electrons. The fourth-order valence-corrected chi connectivity index (χ4v) is 13.4. The van der Waals surface area contributed by atoms with Crippen LogP contribution in [0.3, 0.4) is 0 Å². The molecule has 0 fully saturated rings. The molecule has 13 aromatic heterocycles. The van der Waals surface area contributed by atoms with Gasteiger partial charge in [0.05, 0.1) is 147 Å². The Labute approximate surface area is 573 Å². The molecule has 0 aliphatic carbocycles. The van der Waals surface area contributed by atoms with E-state index in [1.807, 2.05) is 176 Å². The Morgan fingerprint density at radius 3 is 0.950 bits per heavy atom. The molecule has 2 aromatic carbocycles. The monoisotopic (exact) mass is 1320 g/mol. The largest absolute Gasteiger partial charge is 0.355 e. The third kappa shape index (κ3) is 10.6. The minimum atomic E-state index is 0.524. The topological polar surface area (TPSA) is 257 Å². The van der Waals surface area contributed by atoms with Crippen LogP contribution in [0.4, 0.5) is 0 Å². The van der Waals surface area contributed by atoms with Gasteiger partial charge in [0, 0.05) is 70.3 Å². The molecule has 0 saturated carbocycles. The van der Waals surface area contributed by atoms with E-state index in [4.69, 9.17) is 62.3 Å². The molecule has 21 heteroatoms. The van der Waals surface area contributed by atoms with Gasteiger partial charge in [-0.2, -0.15) is 17.5 Å². The van der Waals surface area contributed by atoms with Crippen LogP contribution in [0, 0.1) is 47.4 Å². The lowest BCUT2D eigenvalue weighted by Gasteiger charge is -2.06. The van der Waals surface area contributed by atoms with Crippen molar-refractivity contribution in [2.45, 2.75) is 0 Å². The van der Waals surface area contributed by atoms with E-state index in [1.165, 1.54) is 0 Å². The van der Waals surface area contributed by atoms with Gasteiger partial charge < -0.3 is 19.9 Å². The van der Waals surface area contributed by atoms with Crippen molar-refractivity contribution >= 4 is 160 Å². The van der Waals surface area contributed by atoms with Crippen LogP contribution in [0.15, 0.2) is 165 Å². The minimum Gasteiger partial charge on any atom is -0.355 e. The minimum absolute atomic E-state index is 0.524. The van der Waals surface area contributed by atoms with Crippen LogP contribution < -0.4 is 0 Å². The van der Waals surface area contributed by atoms with Crippen molar-refractivity contribution in [3.05, 3.63) is 255 Å². The summed E-state index contributed by atoms with van der Waals surface area (Å²) in [4.78, 5) is 68.0. The number of nitrogens with one attached hydrogen (secondary N) is 4. The normalized spacial score (nSPS) is 11.9. The van der Waals surface area contributed by atoms with Gasteiger partial charge in [-0.15, -0.1) is 0 Å². The summed E-state index contributed by atoms with van der Waals surface area (Å²) in [5.74, 6) is 27.8. The summed E-state index contributed by atoms with van der Waals surface area (Å²) in [6, 6.07) is 41.3. The summed E-state index contributed by atoms with van der Waals surface area (Å²) >= 11 is 2.15. The van der Waals surface area contributed by atoms with Gasteiger partial charge in [0.2, 0.25) is 0 Å². The Hall–Kier alpha value is -14.4. The third-order valence-corrected chi connectivity index (χ3v) is 17.9. The maximum absolute atomic E-state index is 5.17. The highest BCUT2D eigenvalue weighted by Gasteiger charge is 2.21. The van der Waals surface area contributed by atoms with Gasteiger partial charge in [-0.3, -0.25) is 29.9 Å². The van der Waals surface area contributed by atoms with E-state index in [0.717, 1.165) is 84.7 Å². The van der Waals surface area contributed by atoms with E-state index in [9.17, 15) is 0 Å². The van der Waals surface area contributed by atoms with Gasteiger partial charge in [0.25, 0.3) is 0 Å². The SMILES string of the molecule is C(#Cc1c2nccnc2c(C#Cc2c3nc(cc4ccc([nH]4)c(C#Cc4c5nccnc5c(C#Cc5c6nc(cc7ccc(cc8nc(cc9ccc5[nH]9)C=C8)[nH]7)C=C6)c5nsnc45)c4nc(cc5ccc2[nH]5)C=C4)C=C3)c2nsnc12)c1cc(-c2ccccn2)nc(-c2ccccn2)c1. The van der Waals surface area contributed by atoms with Gasteiger partial charge in [-0.05, 0) is 164 Å². The quantitative estimate of drug-likeness (QED) is 0.117. The Balaban J connectivity index is 0.701. The number of benzene rings is 2. The van der Waals surface area contributed by atoms with Crippen LogP contribution in [-0.4, -0.2) is 92.3 Å². The first kappa shape index (κ1) is 57.1. The molecule has 0 amide bonds. The van der Waals surface area contributed by atoms with Crippen molar-refractivity contribution in [1.82, 2.24) is 92.3 Å². The van der Waals surface area contributed by atoms with Crippen LogP contribution in [0.5, 0.6) is 0 Å². The van der Waals surface area contributed by atoms with Crippen LogP contribution in [0.25, 0.3) is 160 Å². The molecule has 0 saturated heterocycles. The highest BCUT2D eigenvalue weighted by atomic mass is 32.1. The van der Waals surface area contributed by atoms with Gasteiger partial charge >= 0.3 is 0 Å². The molecule has 19 nitrogen and oxygen atoms in total. The molecule has 0 spiro atoms. The van der Waals surface area contributed by atoms with E-state index in [2.05, 4.69) is 77.3 Å². The van der Waals surface area contributed by atoms with Gasteiger partial charge in [-0.25, -0.2) is 24.9 Å². The second-order valence-electron chi connectivity index (χ2n) is 23.2. The summed E-state index contributed by atoms with van der Waals surface area (Å²) in [7, 11) is 0. The summed E-state index contributed by atoms with van der Waals surface area (Å²) in [6.45, 7) is 0. The first-order valence-corrected chi connectivity index (χ1v) is 32.8. The average Bonchev–Trinajstić information content (AvgIpc) is 1.51. The lowest BCUT2D eigenvalue weighted by molar-refractivity contribution is 1.21. The number of H-pyrrole nitrogens is 4. The van der Waals surface area contributed by atoms with Crippen LogP contribution >= 0.6 is 23.5 Å². The van der Waals surface area contributed by atoms with Gasteiger partial charge in [0.15, 0.2) is 0 Å². The number of aromatic amines is 4. The molecule has 15 aromatic rings. The Kier molecular flexibility index (Phi) is 13.6. The molecule has 19 rings (SSSR count). The molecule has 0 atom stereocenters. The number of fused-ring (bicyclic) bond motifs is 20. The van der Waals surface area contributed by atoms with Crippen molar-refractivity contribution in [1.29, 1.82) is 0 Å². The second kappa shape index (κ2) is 23.8. The van der Waals surface area contributed by atoms with Crippen molar-refractivity contribution in [3.8, 4) is 70.1 Å². The lowest BCUT2D eigenvalue weighted by Crippen LogP contribution is -1.95. The van der Waals surface area contributed by atoms with E-state index >= 15 is 0 Å². The third-order valence-electron chi connectivity index (χ3n) is 16.8. The van der Waals surface area contributed by atoms with Gasteiger partial charge in [0.1, 0.15) is 44.1 Å². The number of nitrogens with zero attached hydrogens (tertiary/aromatic N) is 15. The number of rotatable bonds is 2. The van der Waals surface area contributed by atoms with Crippen molar-refractivity contribution < 1.29 is 0 Å². The molecular formula is C79H39N19S2. The van der Waals surface area contributed by atoms with Crippen LogP contribution in [0.2, 0.25) is 0 Å². The first-order chi connectivity index (χ1) is 49.4. The van der Waals surface area contributed by atoms with Crippen molar-refractivity contribution in [2.75, 3.05) is 0 Å². The summed E-state index contributed by atoms with van der Waals surface area (Å²) < 4.78 is 19.3. The standard InChI is InChI=1S/C79H39N19S2/c1-3-31-80-68(5-1)70-37-44(38-71(94-70)69-6-2-4-32-81-69)7-18-58-72-73(83-34-33-82-72)59(77-76(58)95-99-96-77)22-19-56-64-27-14-51(90-64)42-53-16-29-66(92-53)57(67-30-17-54(93-67)43-52-15-28-65(56)91-52)21-24-61-75-74(84-35-36-85-75)60(78-79(61)98-100-97-78)23-20-55-62-25-12-49(88-62)40-47-10-8-45(86-47)39-46-9-11-48(87-46)41-50-13-26-63(55)89-50/h1-6,8-17,25-43,86,89-90,93H. The first-order valence-electron chi connectivity index (χ1n) is 31.3. The molecule has 4 aliphatic heterocycles. The predicted molar refractivity (Wildman–Crippen MR) is 393 cm³/mol. The number of hydrogen-bond acceptors (Lipinski definition) is 17. The zero-order valence-electron chi connectivity index (χ0n) is 51.7. The Morgan fingerprint density at radius 2 is 0.580 bits per heavy atom. The Bertz CT molecular complexity index is 6780. The van der Waals surface area contributed by atoms with E-state index in [1.54, 1.807) is 37.2 Å². The molecule has 17 heterocycles. The predicted octanol–water partition coefficient (Wildman–Crippen LogP) is 14.6. The zero-order chi connectivity index (χ0) is 66.0. The van der Waals surface area contributed by atoms with E-state index in [0.29, 0.717) is 140 Å². The molecule has 16 bridgehead atoms. The van der Waals surface area contributed by atoms with Crippen LogP contribution in [-0.2, 0) is 0 Å². The average molecular weight is 1320 g/mol. The molecule has 0 radical (unpaired) electrons. The van der Waals surface area contributed by atoms with E-state index in [-0.39, 0.29) is 0 Å².